The van der Waals surface area contributed by atoms with E-state index >= 15 is 0 Å². The van der Waals surface area contributed by atoms with Crippen LogP contribution in [0.5, 0.6) is 0 Å². The molecule has 28 heteroatoms. The number of benzene rings is 5. The number of hydrogen-bond acceptors (Lipinski definition) is 18. The highest BCUT2D eigenvalue weighted by atomic mass is 32.3. The number of rotatable bonds is 18. The number of nitrogens with two attached hydrogens (primary N) is 6. The normalized spacial score (nSPS) is 13.9. The number of carboxylic acid groups (broad SMARTS) is 4. The molecule has 10 atom stereocenters. The van der Waals surface area contributed by atoms with Crippen molar-refractivity contribution in [1.82, 2.24) is 0 Å². The van der Waals surface area contributed by atoms with Crippen LogP contribution in [0.2, 0.25) is 0 Å². The molecule has 3 unspecified atom stereocenters. The van der Waals surface area contributed by atoms with Crippen LogP contribution in [0.25, 0.3) is 0 Å². The molecular weight excluding hydrogens is 1130 g/mol. The fourth-order valence-corrected chi connectivity index (χ4v) is 5.87. The molecule has 0 bridgehead atoms. The SMILES string of the molecule is CC(N)Cc1ccccc1.CC(N)Cc1ccccc1.C[C@@H](N)Cc1ccccc1.C[C@H](N)Cc1ccccc1.C[C@H](N)Cc1ccccc1.NC(CC(=O)O)C(=O)O.O=C(O)[C@@H](O)[C@@H](O)[C@H](O)[C@@H](O)C(=O)O.O=S(=O)(O)O.O=S(=O)(O)O. The van der Waals surface area contributed by atoms with Gasteiger partial charge in [0.25, 0.3) is 0 Å². The van der Waals surface area contributed by atoms with Crippen LogP contribution >= 0.6 is 0 Å². The minimum absolute atomic E-state index is 0.266. The maximum absolute atomic E-state index is 10.1. The lowest BCUT2D eigenvalue weighted by molar-refractivity contribution is -0.172. The molecule has 0 aliphatic heterocycles. The van der Waals surface area contributed by atoms with Crippen molar-refractivity contribution in [3.63, 3.8) is 0 Å². The van der Waals surface area contributed by atoms with Gasteiger partial charge in [-0.05, 0) is 94.5 Å². The molecule has 468 valence electrons. The first-order chi connectivity index (χ1) is 38.3. The maximum atomic E-state index is 10.1. The maximum Gasteiger partial charge on any atom is 0.394 e. The van der Waals surface area contributed by atoms with Crippen LogP contribution in [0.3, 0.4) is 0 Å². The van der Waals surface area contributed by atoms with Gasteiger partial charge in [-0.25, -0.2) is 9.59 Å². The molecule has 0 amide bonds. The molecule has 0 radical (unpaired) electrons. The monoisotopic (exact) mass is 1210 g/mol. The predicted molar refractivity (Wildman–Crippen MR) is 314 cm³/mol. The summed E-state index contributed by atoms with van der Waals surface area (Å²) in [5, 5.41) is 67.5. The van der Waals surface area contributed by atoms with Gasteiger partial charge >= 0.3 is 44.7 Å². The number of carbonyl (C=O) groups is 4. The Labute approximate surface area is 485 Å². The molecule has 0 aromatic heterocycles. The first kappa shape index (κ1) is 82.8. The summed E-state index contributed by atoms with van der Waals surface area (Å²) in [4.78, 5) is 39.8. The van der Waals surface area contributed by atoms with Crippen molar-refractivity contribution in [2.75, 3.05) is 0 Å². The fraction of sp³-hybridized carbons (Fsp3) is 0.382. The molecule has 0 heterocycles. The summed E-state index contributed by atoms with van der Waals surface area (Å²) in [5.41, 5.74) is 39.5. The van der Waals surface area contributed by atoms with Gasteiger partial charge in [-0.15, -0.1) is 0 Å². The molecule has 26 nitrogen and oxygen atoms in total. The number of aliphatic hydroxyl groups excluding tert-OH is 4. The van der Waals surface area contributed by atoms with E-state index in [0.717, 1.165) is 32.1 Å². The average molecular weight is 1220 g/mol. The van der Waals surface area contributed by atoms with Crippen LogP contribution in [0.1, 0.15) is 68.9 Å². The van der Waals surface area contributed by atoms with Crippen molar-refractivity contribution < 1.29 is 95.1 Å². The van der Waals surface area contributed by atoms with Crippen LogP contribution in [-0.4, -0.2) is 160 Å². The van der Waals surface area contributed by atoms with E-state index in [1.807, 2.05) is 126 Å². The number of aliphatic carboxylic acids is 4. The summed E-state index contributed by atoms with van der Waals surface area (Å²) < 4.78 is 63.2. The van der Waals surface area contributed by atoms with Gasteiger partial charge in [0.2, 0.25) is 0 Å². The smallest absolute Gasteiger partial charge is 0.394 e. The van der Waals surface area contributed by atoms with Crippen molar-refractivity contribution >= 4 is 44.7 Å². The third kappa shape index (κ3) is 61.2. The van der Waals surface area contributed by atoms with E-state index in [1.54, 1.807) is 0 Å². The van der Waals surface area contributed by atoms with Crippen molar-refractivity contribution in [2.24, 2.45) is 34.4 Å². The van der Waals surface area contributed by atoms with Crippen LogP contribution in [0, 0.1) is 0 Å². The summed E-state index contributed by atoms with van der Waals surface area (Å²) in [6.07, 6.45) is -4.95. The van der Waals surface area contributed by atoms with Gasteiger partial charge in [0.1, 0.15) is 18.2 Å². The van der Waals surface area contributed by atoms with Crippen molar-refractivity contribution in [3.05, 3.63) is 179 Å². The third-order valence-electron chi connectivity index (χ3n) is 9.22. The van der Waals surface area contributed by atoms with Crippen LogP contribution in [0.15, 0.2) is 152 Å². The number of aliphatic hydroxyl groups is 4. The average Bonchev–Trinajstić information content (AvgIpc) is 3.36. The first-order valence-corrected chi connectivity index (χ1v) is 27.8. The van der Waals surface area contributed by atoms with Gasteiger partial charge in [-0.2, -0.15) is 16.8 Å². The van der Waals surface area contributed by atoms with Gasteiger partial charge in [0.15, 0.2) is 12.2 Å². The fourth-order valence-electron chi connectivity index (χ4n) is 5.87. The quantitative estimate of drug-likeness (QED) is 0.0558. The second kappa shape index (κ2) is 47.8. The molecular formula is C55H86N6O20S2. The van der Waals surface area contributed by atoms with E-state index < -0.39 is 81.6 Å². The summed E-state index contributed by atoms with van der Waals surface area (Å²) in [6.45, 7) is 10.1. The Balaban J connectivity index is -0.000000428. The van der Waals surface area contributed by atoms with Crippen molar-refractivity contribution in [3.8, 4) is 0 Å². The van der Waals surface area contributed by atoms with Gasteiger partial charge in [-0.3, -0.25) is 27.8 Å². The Morgan fingerprint density at radius 3 is 0.602 bits per heavy atom. The highest BCUT2D eigenvalue weighted by Crippen LogP contribution is 2.07. The second-order valence-corrected chi connectivity index (χ2v) is 20.1. The molecule has 0 saturated carbocycles. The summed E-state index contributed by atoms with van der Waals surface area (Å²) in [7, 11) is -9.33. The third-order valence-corrected chi connectivity index (χ3v) is 9.22. The van der Waals surface area contributed by atoms with E-state index in [1.165, 1.54) is 27.8 Å². The zero-order valence-corrected chi connectivity index (χ0v) is 48.5. The lowest BCUT2D eigenvalue weighted by atomic mass is 10.0. The van der Waals surface area contributed by atoms with Gasteiger partial charge in [0, 0.05) is 30.2 Å². The Morgan fingerprint density at radius 1 is 0.349 bits per heavy atom. The molecule has 0 saturated heterocycles. The molecule has 0 fully saturated rings. The zero-order valence-electron chi connectivity index (χ0n) is 46.9. The first-order valence-electron chi connectivity index (χ1n) is 25.0. The van der Waals surface area contributed by atoms with Gasteiger partial charge < -0.3 is 75.3 Å². The number of carboxylic acids is 4. The summed E-state index contributed by atoms with van der Waals surface area (Å²) in [5.74, 6) is -6.18. The predicted octanol–water partition coefficient (Wildman–Crippen LogP) is 2.05. The van der Waals surface area contributed by atoms with Crippen LogP contribution in [0.4, 0.5) is 0 Å². The molecule has 24 N–H and O–H groups in total. The van der Waals surface area contributed by atoms with E-state index in [2.05, 4.69) is 60.7 Å². The van der Waals surface area contributed by atoms with Crippen LogP contribution < -0.4 is 34.4 Å². The van der Waals surface area contributed by atoms with E-state index in [9.17, 15) is 19.2 Å². The Kier molecular flexibility index (Phi) is 47.6. The minimum Gasteiger partial charge on any atom is -0.481 e. The molecule has 83 heavy (non-hydrogen) atoms. The van der Waals surface area contributed by atoms with E-state index in [0.29, 0.717) is 0 Å². The lowest BCUT2D eigenvalue weighted by Crippen LogP contribution is -2.49. The minimum atomic E-state index is -4.67. The second-order valence-electron chi connectivity index (χ2n) is 18.3. The standard InChI is InChI=1S/5C9H13N.C6H10O8.C4H7NO4.2H2O4S/c5*1-8(10)7-9-5-3-2-4-6-9;7-1(3(9)5(11)12)2(8)4(10)6(13)14;5-2(4(8)9)1-3(6)7;2*1-5(2,3)4/h5*2-6,8H,7,10H2,1H3;1-4,7-10H,(H,11,12)(H,13,14);2H,1,5H2,(H,6,7)(H,8,9);2*(H2,1,2,3,4)/t3*8-;;;1-,2-,3-,4+;;;/m100..0.../s1. The van der Waals surface area contributed by atoms with E-state index in [-0.39, 0.29) is 30.2 Å². The molecule has 5 aromatic carbocycles. The van der Waals surface area contributed by atoms with Gasteiger partial charge in [0.05, 0.1) is 6.42 Å². The Morgan fingerprint density at radius 2 is 0.506 bits per heavy atom. The molecule has 0 aliphatic carbocycles. The van der Waals surface area contributed by atoms with Crippen LogP contribution in [-0.2, 0) is 72.1 Å². The Bertz CT molecular complexity index is 2320. The highest BCUT2D eigenvalue weighted by molar-refractivity contribution is 7.80. The lowest BCUT2D eigenvalue weighted by Gasteiger charge is -2.21. The summed E-state index contributed by atoms with van der Waals surface area (Å²) in [6, 6.07) is 51.5. The molecule has 5 aromatic rings. The largest absolute Gasteiger partial charge is 0.481 e. The Hall–Kier alpha value is -6.68. The topological polar surface area (TPSA) is 535 Å². The number of hydrogen-bond donors (Lipinski definition) is 18. The summed E-state index contributed by atoms with van der Waals surface area (Å²) >= 11 is 0. The van der Waals surface area contributed by atoms with Crippen molar-refractivity contribution in [1.29, 1.82) is 0 Å². The molecule has 0 aliphatic rings. The van der Waals surface area contributed by atoms with E-state index in [4.69, 9.17) is 110 Å². The van der Waals surface area contributed by atoms with Crippen molar-refractivity contribution in [2.45, 2.75) is 134 Å². The molecule has 0 spiro atoms. The molecule has 5 rings (SSSR count). The highest BCUT2D eigenvalue weighted by Gasteiger charge is 2.37. The zero-order chi connectivity index (χ0) is 64.9. The van der Waals surface area contributed by atoms with Gasteiger partial charge in [-0.1, -0.05) is 152 Å².